The second kappa shape index (κ2) is 5.59. The first kappa shape index (κ1) is 13.1. The molecule has 1 aliphatic rings. The van der Waals surface area contributed by atoms with E-state index in [1.165, 1.54) is 0 Å². The number of fused-ring (bicyclic) bond motifs is 1. The van der Waals surface area contributed by atoms with E-state index in [4.69, 9.17) is 0 Å². The Morgan fingerprint density at radius 1 is 1.30 bits per heavy atom. The number of carboxylic acid groups (broad SMARTS) is 1. The molecule has 1 fully saturated rings. The normalized spacial score (nSPS) is 17.4. The number of hydrogen-bond donors (Lipinski definition) is 1. The molecule has 1 N–H and O–H groups in total. The van der Waals surface area contributed by atoms with Crippen LogP contribution in [0, 0.1) is 0 Å². The molecule has 104 valence electrons. The molecule has 2 heterocycles. The fourth-order valence-corrected chi connectivity index (χ4v) is 2.98. The maximum Gasteiger partial charge on any atom is 0.305 e. The van der Waals surface area contributed by atoms with Crippen LogP contribution in [0.25, 0.3) is 10.9 Å². The zero-order chi connectivity index (χ0) is 13.9. The van der Waals surface area contributed by atoms with Crippen molar-refractivity contribution in [3.63, 3.8) is 0 Å². The fourth-order valence-electron chi connectivity index (χ4n) is 2.98. The molecule has 1 atom stereocenters. The SMILES string of the molecule is O=C(O)CC(c1ccc2ncccc2c1)N1CCCC1. The van der Waals surface area contributed by atoms with Gasteiger partial charge in [0.2, 0.25) is 0 Å². The van der Waals surface area contributed by atoms with E-state index in [2.05, 4.69) is 16.0 Å². The largest absolute Gasteiger partial charge is 0.481 e. The fraction of sp³-hybridized carbons (Fsp3) is 0.375. The smallest absolute Gasteiger partial charge is 0.305 e. The van der Waals surface area contributed by atoms with Crippen LogP contribution in [-0.4, -0.2) is 34.0 Å². The molecule has 0 amide bonds. The van der Waals surface area contributed by atoms with Crippen LogP contribution >= 0.6 is 0 Å². The molecule has 4 heteroatoms. The monoisotopic (exact) mass is 270 g/mol. The molecule has 1 aromatic heterocycles. The van der Waals surface area contributed by atoms with Crippen molar-refractivity contribution in [3.8, 4) is 0 Å². The molecule has 1 saturated heterocycles. The average Bonchev–Trinajstić information content (AvgIpc) is 2.98. The Morgan fingerprint density at radius 3 is 2.85 bits per heavy atom. The van der Waals surface area contributed by atoms with Gasteiger partial charge in [0.05, 0.1) is 11.9 Å². The van der Waals surface area contributed by atoms with E-state index in [9.17, 15) is 9.90 Å². The van der Waals surface area contributed by atoms with E-state index in [1.807, 2.05) is 24.3 Å². The zero-order valence-corrected chi connectivity index (χ0v) is 11.3. The van der Waals surface area contributed by atoms with E-state index < -0.39 is 5.97 Å². The highest BCUT2D eigenvalue weighted by Gasteiger charge is 2.25. The number of pyridine rings is 1. The summed E-state index contributed by atoms with van der Waals surface area (Å²) in [5, 5.41) is 10.2. The summed E-state index contributed by atoms with van der Waals surface area (Å²) in [5.74, 6) is -0.742. The van der Waals surface area contributed by atoms with Gasteiger partial charge < -0.3 is 5.11 Å². The molecule has 3 rings (SSSR count). The first-order chi connectivity index (χ1) is 9.74. The lowest BCUT2D eigenvalue weighted by Gasteiger charge is -2.26. The Labute approximate surface area is 118 Å². The van der Waals surface area contributed by atoms with Crippen molar-refractivity contribution in [2.45, 2.75) is 25.3 Å². The van der Waals surface area contributed by atoms with Gasteiger partial charge in [-0.05, 0) is 49.7 Å². The molecule has 1 unspecified atom stereocenters. The number of hydrogen-bond acceptors (Lipinski definition) is 3. The third-order valence-electron chi connectivity index (χ3n) is 3.96. The molecule has 0 radical (unpaired) electrons. The molecular formula is C16H18N2O2. The minimum atomic E-state index is -0.742. The summed E-state index contributed by atoms with van der Waals surface area (Å²) in [4.78, 5) is 17.8. The van der Waals surface area contributed by atoms with E-state index >= 15 is 0 Å². The summed E-state index contributed by atoms with van der Waals surface area (Å²) < 4.78 is 0. The quantitative estimate of drug-likeness (QED) is 0.928. The number of carboxylic acids is 1. The molecule has 0 saturated carbocycles. The van der Waals surface area contributed by atoms with Gasteiger partial charge >= 0.3 is 5.97 Å². The molecule has 1 aromatic carbocycles. The van der Waals surface area contributed by atoms with Crippen molar-refractivity contribution in [2.75, 3.05) is 13.1 Å². The van der Waals surface area contributed by atoms with Crippen LogP contribution < -0.4 is 0 Å². The van der Waals surface area contributed by atoms with Gasteiger partial charge in [0.25, 0.3) is 0 Å². The zero-order valence-electron chi connectivity index (χ0n) is 11.3. The first-order valence-electron chi connectivity index (χ1n) is 7.04. The Morgan fingerprint density at radius 2 is 2.10 bits per heavy atom. The molecule has 0 spiro atoms. The van der Waals surface area contributed by atoms with Gasteiger partial charge in [-0.15, -0.1) is 0 Å². The molecule has 20 heavy (non-hydrogen) atoms. The van der Waals surface area contributed by atoms with E-state index in [0.717, 1.165) is 42.4 Å². The lowest BCUT2D eigenvalue weighted by Crippen LogP contribution is -2.27. The topological polar surface area (TPSA) is 53.4 Å². The standard InChI is InChI=1S/C16H18N2O2/c19-16(20)11-15(18-8-1-2-9-18)13-5-6-14-12(10-13)4-3-7-17-14/h3-7,10,15H,1-2,8-9,11H2,(H,19,20). The number of rotatable bonds is 4. The van der Waals surface area contributed by atoms with Gasteiger partial charge in [-0.25, -0.2) is 0 Å². The maximum atomic E-state index is 11.2. The number of aromatic nitrogens is 1. The highest BCUT2D eigenvalue weighted by atomic mass is 16.4. The second-order valence-corrected chi connectivity index (χ2v) is 5.31. The van der Waals surface area contributed by atoms with E-state index in [0.29, 0.717) is 0 Å². The molecule has 2 aromatic rings. The van der Waals surface area contributed by atoms with Gasteiger partial charge in [0, 0.05) is 17.6 Å². The summed E-state index contributed by atoms with van der Waals surface area (Å²) in [5.41, 5.74) is 2.03. The highest BCUT2D eigenvalue weighted by Crippen LogP contribution is 2.29. The maximum absolute atomic E-state index is 11.2. The van der Waals surface area contributed by atoms with Crippen molar-refractivity contribution >= 4 is 16.9 Å². The van der Waals surface area contributed by atoms with Crippen LogP contribution in [0.5, 0.6) is 0 Å². The molecule has 1 aliphatic heterocycles. The van der Waals surface area contributed by atoms with Crippen molar-refractivity contribution in [1.82, 2.24) is 9.88 Å². The summed E-state index contributed by atoms with van der Waals surface area (Å²) in [6.45, 7) is 1.98. The summed E-state index contributed by atoms with van der Waals surface area (Å²) in [7, 11) is 0. The summed E-state index contributed by atoms with van der Waals surface area (Å²) >= 11 is 0. The lowest BCUT2D eigenvalue weighted by molar-refractivity contribution is -0.138. The number of likely N-dealkylation sites (tertiary alicyclic amines) is 1. The molecular weight excluding hydrogens is 252 g/mol. The van der Waals surface area contributed by atoms with Crippen molar-refractivity contribution in [3.05, 3.63) is 42.1 Å². The van der Waals surface area contributed by atoms with Crippen LogP contribution in [-0.2, 0) is 4.79 Å². The second-order valence-electron chi connectivity index (χ2n) is 5.31. The Kier molecular flexibility index (Phi) is 3.65. The number of aliphatic carboxylic acids is 1. The third kappa shape index (κ3) is 2.65. The Bertz CT molecular complexity index is 621. The highest BCUT2D eigenvalue weighted by molar-refractivity contribution is 5.79. The average molecular weight is 270 g/mol. The predicted molar refractivity (Wildman–Crippen MR) is 77.5 cm³/mol. The van der Waals surface area contributed by atoms with Crippen LogP contribution in [0.1, 0.15) is 30.9 Å². The van der Waals surface area contributed by atoms with Crippen LogP contribution in [0.3, 0.4) is 0 Å². The van der Waals surface area contributed by atoms with Crippen LogP contribution in [0.4, 0.5) is 0 Å². The van der Waals surface area contributed by atoms with Crippen LogP contribution in [0.2, 0.25) is 0 Å². The lowest BCUT2D eigenvalue weighted by atomic mass is 10.00. The van der Waals surface area contributed by atoms with Gasteiger partial charge in [-0.3, -0.25) is 14.7 Å². The molecule has 0 bridgehead atoms. The first-order valence-corrected chi connectivity index (χ1v) is 7.04. The molecule has 0 aliphatic carbocycles. The number of nitrogens with zero attached hydrogens (tertiary/aromatic N) is 2. The van der Waals surface area contributed by atoms with E-state index in [1.54, 1.807) is 6.20 Å². The number of benzene rings is 1. The van der Waals surface area contributed by atoms with Crippen LogP contribution in [0.15, 0.2) is 36.5 Å². The van der Waals surface area contributed by atoms with Gasteiger partial charge in [0.15, 0.2) is 0 Å². The minimum absolute atomic E-state index is 0.0281. The molecule has 4 nitrogen and oxygen atoms in total. The third-order valence-corrected chi connectivity index (χ3v) is 3.96. The van der Waals surface area contributed by atoms with Gasteiger partial charge in [0.1, 0.15) is 0 Å². The Balaban J connectivity index is 1.96. The van der Waals surface area contributed by atoms with Crippen molar-refractivity contribution in [1.29, 1.82) is 0 Å². The summed E-state index contributed by atoms with van der Waals surface area (Å²) in [6, 6.07) is 9.98. The van der Waals surface area contributed by atoms with Crippen molar-refractivity contribution < 1.29 is 9.90 Å². The van der Waals surface area contributed by atoms with Crippen molar-refractivity contribution in [2.24, 2.45) is 0 Å². The number of carbonyl (C=O) groups is 1. The minimum Gasteiger partial charge on any atom is -0.481 e. The Hall–Kier alpha value is -1.94. The summed E-state index contributed by atoms with van der Waals surface area (Å²) in [6.07, 6.45) is 4.25. The van der Waals surface area contributed by atoms with E-state index in [-0.39, 0.29) is 12.5 Å². The predicted octanol–water partition coefficient (Wildman–Crippen LogP) is 2.85. The van der Waals surface area contributed by atoms with Gasteiger partial charge in [-0.1, -0.05) is 12.1 Å². The van der Waals surface area contributed by atoms with Gasteiger partial charge in [-0.2, -0.15) is 0 Å².